The van der Waals surface area contributed by atoms with Crippen LogP contribution < -0.4 is 0 Å². The molecule has 0 radical (unpaired) electrons. The Hall–Kier alpha value is -3.65. The molecule has 7 nitrogen and oxygen atoms in total. The molecule has 190 valence electrons. The number of carboxylic acid groups (broad SMARTS) is 1. The SMILES string of the molecule is CC(C)(C)OC(=O)N(CCc1ccc(S(=O)(=O)c2ccc(CC(=O)O)cc2)cc1)Cc1ccccc1. The zero-order chi connectivity index (χ0) is 26.3. The Morgan fingerprint density at radius 1 is 0.806 bits per heavy atom. The Morgan fingerprint density at radius 3 is 1.83 bits per heavy atom. The van der Waals surface area contributed by atoms with Gasteiger partial charge in [0.15, 0.2) is 0 Å². The maximum Gasteiger partial charge on any atom is 0.410 e. The first-order valence-corrected chi connectivity index (χ1v) is 13.1. The highest BCUT2D eigenvalue weighted by Gasteiger charge is 2.23. The Bertz CT molecular complexity index is 1280. The van der Waals surface area contributed by atoms with E-state index in [4.69, 9.17) is 9.84 Å². The highest BCUT2D eigenvalue weighted by atomic mass is 32.2. The second-order valence-corrected chi connectivity index (χ2v) is 11.4. The van der Waals surface area contributed by atoms with Gasteiger partial charge in [-0.1, -0.05) is 54.6 Å². The molecule has 1 amide bonds. The summed E-state index contributed by atoms with van der Waals surface area (Å²) in [6.07, 6.45) is -0.0486. The van der Waals surface area contributed by atoms with Crippen LogP contribution in [0, 0.1) is 0 Å². The van der Waals surface area contributed by atoms with Gasteiger partial charge in [0.2, 0.25) is 9.84 Å². The molecule has 1 N–H and O–H groups in total. The fraction of sp³-hybridized carbons (Fsp3) is 0.286. The zero-order valence-corrected chi connectivity index (χ0v) is 21.5. The van der Waals surface area contributed by atoms with Crippen LogP contribution >= 0.6 is 0 Å². The lowest BCUT2D eigenvalue weighted by Gasteiger charge is -2.27. The third-order valence-electron chi connectivity index (χ3n) is 5.36. The average molecular weight is 510 g/mol. The number of rotatable bonds is 9. The Morgan fingerprint density at radius 2 is 1.33 bits per heavy atom. The van der Waals surface area contributed by atoms with Crippen LogP contribution in [0.25, 0.3) is 0 Å². The topological polar surface area (TPSA) is 101 Å². The van der Waals surface area contributed by atoms with Crippen molar-refractivity contribution in [2.24, 2.45) is 0 Å². The van der Waals surface area contributed by atoms with E-state index in [9.17, 15) is 18.0 Å². The summed E-state index contributed by atoms with van der Waals surface area (Å²) in [5.74, 6) is -0.977. The van der Waals surface area contributed by atoms with Gasteiger partial charge in [0, 0.05) is 13.1 Å². The number of hydrogen-bond acceptors (Lipinski definition) is 5. The summed E-state index contributed by atoms with van der Waals surface area (Å²) in [5, 5.41) is 8.88. The molecule has 0 aliphatic rings. The fourth-order valence-electron chi connectivity index (χ4n) is 3.56. The molecule has 0 aromatic heterocycles. The van der Waals surface area contributed by atoms with E-state index in [-0.39, 0.29) is 16.2 Å². The molecule has 0 aliphatic carbocycles. The van der Waals surface area contributed by atoms with E-state index in [0.29, 0.717) is 25.1 Å². The number of nitrogens with zero attached hydrogens (tertiary/aromatic N) is 1. The van der Waals surface area contributed by atoms with Crippen molar-refractivity contribution >= 4 is 21.9 Å². The van der Waals surface area contributed by atoms with Crippen molar-refractivity contribution in [2.45, 2.75) is 55.5 Å². The number of carbonyl (C=O) groups excluding carboxylic acids is 1. The quantitative estimate of drug-likeness (QED) is 0.429. The van der Waals surface area contributed by atoms with Gasteiger partial charge in [0.1, 0.15) is 5.60 Å². The first kappa shape index (κ1) is 26.9. The highest BCUT2D eigenvalue weighted by Crippen LogP contribution is 2.22. The molecule has 0 saturated carbocycles. The molecule has 0 unspecified atom stereocenters. The molecular formula is C28H31NO6S. The summed E-state index contributed by atoms with van der Waals surface area (Å²) in [4.78, 5) is 25.5. The summed E-state index contributed by atoms with van der Waals surface area (Å²) in [6.45, 7) is 6.28. The van der Waals surface area contributed by atoms with Crippen molar-refractivity contribution in [3.8, 4) is 0 Å². The first-order valence-electron chi connectivity index (χ1n) is 11.6. The van der Waals surface area contributed by atoms with Crippen molar-refractivity contribution in [3.05, 3.63) is 95.6 Å². The van der Waals surface area contributed by atoms with E-state index in [2.05, 4.69) is 0 Å². The van der Waals surface area contributed by atoms with Crippen LogP contribution in [0.1, 0.15) is 37.5 Å². The van der Waals surface area contributed by atoms with Crippen molar-refractivity contribution in [2.75, 3.05) is 6.54 Å². The minimum Gasteiger partial charge on any atom is -0.481 e. The van der Waals surface area contributed by atoms with E-state index >= 15 is 0 Å². The minimum absolute atomic E-state index is 0.100. The van der Waals surface area contributed by atoms with Crippen molar-refractivity contribution in [1.82, 2.24) is 4.90 Å². The summed E-state index contributed by atoms with van der Waals surface area (Å²) in [7, 11) is -3.74. The Labute approximate surface area is 212 Å². The van der Waals surface area contributed by atoms with E-state index in [0.717, 1.165) is 11.1 Å². The maximum atomic E-state index is 13.0. The van der Waals surface area contributed by atoms with E-state index in [1.54, 1.807) is 29.2 Å². The summed E-state index contributed by atoms with van der Waals surface area (Å²) >= 11 is 0. The molecule has 36 heavy (non-hydrogen) atoms. The summed E-state index contributed by atoms with van der Waals surface area (Å²) in [6, 6.07) is 22.1. The molecule has 0 fully saturated rings. The molecule has 0 atom stereocenters. The third-order valence-corrected chi connectivity index (χ3v) is 7.15. The van der Waals surface area contributed by atoms with Gasteiger partial charge in [-0.05, 0) is 68.1 Å². The first-order chi connectivity index (χ1) is 16.9. The number of carbonyl (C=O) groups is 2. The molecule has 0 saturated heterocycles. The Kier molecular flexibility index (Phi) is 8.53. The number of amides is 1. The molecule has 3 aromatic rings. The molecule has 8 heteroatoms. The molecule has 0 spiro atoms. The van der Waals surface area contributed by atoms with Gasteiger partial charge in [0.25, 0.3) is 0 Å². The van der Waals surface area contributed by atoms with Crippen LogP contribution in [0.2, 0.25) is 0 Å². The monoisotopic (exact) mass is 509 g/mol. The van der Waals surface area contributed by atoms with Crippen molar-refractivity contribution in [3.63, 3.8) is 0 Å². The maximum absolute atomic E-state index is 13.0. The van der Waals surface area contributed by atoms with Crippen LogP contribution in [-0.2, 0) is 38.8 Å². The second-order valence-electron chi connectivity index (χ2n) is 9.50. The molecule has 0 bridgehead atoms. The number of carboxylic acids is 1. The summed E-state index contributed by atoms with van der Waals surface area (Å²) in [5.41, 5.74) is 1.78. The van der Waals surface area contributed by atoms with E-state index in [1.807, 2.05) is 51.1 Å². The second kappa shape index (κ2) is 11.4. The molecule has 3 aromatic carbocycles. The fourth-order valence-corrected chi connectivity index (χ4v) is 4.82. The third kappa shape index (κ3) is 7.68. The molecule has 3 rings (SSSR count). The zero-order valence-electron chi connectivity index (χ0n) is 20.7. The Balaban J connectivity index is 1.71. The molecule has 0 heterocycles. The minimum atomic E-state index is -3.74. The van der Waals surface area contributed by atoms with Gasteiger partial charge in [0.05, 0.1) is 16.2 Å². The van der Waals surface area contributed by atoms with Gasteiger partial charge in [-0.2, -0.15) is 0 Å². The van der Waals surface area contributed by atoms with E-state index in [1.165, 1.54) is 24.3 Å². The number of sulfone groups is 1. The van der Waals surface area contributed by atoms with Crippen LogP contribution in [-0.4, -0.2) is 42.6 Å². The highest BCUT2D eigenvalue weighted by molar-refractivity contribution is 7.91. The van der Waals surface area contributed by atoms with Crippen LogP contribution in [0.3, 0.4) is 0 Å². The number of aliphatic carboxylic acids is 1. The van der Waals surface area contributed by atoms with Crippen molar-refractivity contribution < 1.29 is 27.9 Å². The lowest BCUT2D eigenvalue weighted by molar-refractivity contribution is -0.136. The molecule has 0 aliphatic heterocycles. The van der Waals surface area contributed by atoms with E-state index < -0.39 is 27.5 Å². The van der Waals surface area contributed by atoms with Gasteiger partial charge >= 0.3 is 12.1 Å². The smallest absolute Gasteiger partial charge is 0.410 e. The predicted molar refractivity (Wildman–Crippen MR) is 136 cm³/mol. The standard InChI is InChI=1S/C28H31NO6S/c1-28(2,3)35-27(32)29(20-23-7-5-4-6-8-23)18-17-21-9-13-24(14-10-21)36(33,34)25-15-11-22(12-16-25)19-26(30)31/h4-16H,17-20H2,1-3H3,(H,30,31). The van der Waals surface area contributed by atoms with Gasteiger partial charge in [-0.15, -0.1) is 0 Å². The van der Waals surface area contributed by atoms with Gasteiger partial charge in [-0.3, -0.25) is 4.79 Å². The van der Waals surface area contributed by atoms with Crippen LogP contribution in [0.5, 0.6) is 0 Å². The summed E-state index contributed by atoms with van der Waals surface area (Å²) < 4.78 is 31.5. The lowest BCUT2D eigenvalue weighted by atomic mass is 10.1. The average Bonchev–Trinajstić information content (AvgIpc) is 2.81. The predicted octanol–water partition coefficient (Wildman–Crippen LogP) is 5.13. The van der Waals surface area contributed by atoms with Crippen LogP contribution in [0.15, 0.2) is 88.7 Å². The normalized spacial score (nSPS) is 11.6. The number of ether oxygens (including phenoxy) is 1. The van der Waals surface area contributed by atoms with Crippen molar-refractivity contribution in [1.29, 1.82) is 0 Å². The van der Waals surface area contributed by atoms with Crippen LogP contribution in [0.4, 0.5) is 4.79 Å². The van der Waals surface area contributed by atoms with Gasteiger partial charge < -0.3 is 14.7 Å². The van der Waals surface area contributed by atoms with Gasteiger partial charge in [-0.25, -0.2) is 13.2 Å². The number of benzene rings is 3. The largest absolute Gasteiger partial charge is 0.481 e. The lowest BCUT2D eigenvalue weighted by Crippen LogP contribution is -2.37. The number of hydrogen-bond donors (Lipinski definition) is 1. The molecular weight excluding hydrogens is 478 g/mol.